The number of carbonyl (C=O) groups excluding carboxylic acids is 1. The van der Waals surface area contributed by atoms with E-state index in [1.54, 1.807) is 12.2 Å². The Morgan fingerprint density at radius 1 is 1.16 bits per heavy atom. The third kappa shape index (κ3) is 6.32. The SMILES string of the molecule is C=CCc1ccccc1OCCCn1c(CCCNC(=O)/C=C\C)nc2ccccc21. The average molecular weight is 418 g/mol. The molecule has 1 amide bonds. The molecule has 1 N–H and O–H groups in total. The monoisotopic (exact) mass is 417 g/mol. The van der Waals surface area contributed by atoms with Crippen molar-refractivity contribution in [2.45, 2.75) is 39.2 Å². The summed E-state index contributed by atoms with van der Waals surface area (Å²) < 4.78 is 8.33. The van der Waals surface area contributed by atoms with Crippen LogP contribution in [0, 0.1) is 0 Å². The summed E-state index contributed by atoms with van der Waals surface area (Å²) >= 11 is 0. The van der Waals surface area contributed by atoms with Gasteiger partial charge in [-0.25, -0.2) is 4.98 Å². The summed E-state index contributed by atoms with van der Waals surface area (Å²) in [6.07, 6.45) is 8.53. The Labute approximate surface area is 184 Å². The molecule has 162 valence electrons. The largest absolute Gasteiger partial charge is 0.493 e. The molecule has 5 nitrogen and oxygen atoms in total. The molecular formula is C26H31N3O2. The molecule has 31 heavy (non-hydrogen) atoms. The summed E-state index contributed by atoms with van der Waals surface area (Å²) in [7, 11) is 0. The van der Waals surface area contributed by atoms with E-state index in [1.165, 1.54) is 0 Å². The lowest BCUT2D eigenvalue weighted by atomic mass is 10.1. The Bertz CT molecular complexity index is 1040. The van der Waals surface area contributed by atoms with Crippen LogP contribution in [0.5, 0.6) is 5.75 Å². The molecule has 0 aliphatic rings. The predicted octanol–water partition coefficient (Wildman–Crippen LogP) is 4.86. The molecular weight excluding hydrogens is 386 g/mol. The molecule has 5 heteroatoms. The van der Waals surface area contributed by atoms with Gasteiger partial charge < -0.3 is 14.6 Å². The van der Waals surface area contributed by atoms with Gasteiger partial charge in [0.2, 0.25) is 5.91 Å². The number of carbonyl (C=O) groups is 1. The molecule has 0 spiro atoms. The summed E-state index contributed by atoms with van der Waals surface area (Å²) in [5, 5.41) is 2.90. The third-order valence-corrected chi connectivity index (χ3v) is 5.05. The summed E-state index contributed by atoms with van der Waals surface area (Å²) in [5.74, 6) is 1.92. The van der Waals surface area contributed by atoms with Crippen molar-refractivity contribution in [1.29, 1.82) is 0 Å². The average Bonchev–Trinajstić information content (AvgIpc) is 3.13. The Morgan fingerprint density at radius 2 is 1.97 bits per heavy atom. The first-order valence-corrected chi connectivity index (χ1v) is 10.9. The van der Waals surface area contributed by atoms with E-state index in [4.69, 9.17) is 9.72 Å². The van der Waals surface area contributed by atoms with Gasteiger partial charge in [0.25, 0.3) is 0 Å². The first-order valence-electron chi connectivity index (χ1n) is 10.9. The van der Waals surface area contributed by atoms with Gasteiger partial charge in [-0.15, -0.1) is 6.58 Å². The second kappa shape index (κ2) is 11.7. The van der Waals surface area contributed by atoms with Gasteiger partial charge in [0.05, 0.1) is 17.6 Å². The highest BCUT2D eigenvalue weighted by molar-refractivity contribution is 5.87. The fraction of sp³-hybridized carbons (Fsp3) is 0.308. The van der Waals surface area contributed by atoms with Crippen LogP contribution < -0.4 is 10.1 Å². The number of amides is 1. The van der Waals surface area contributed by atoms with Crippen molar-refractivity contribution in [3.63, 3.8) is 0 Å². The van der Waals surface area contributed by atoms with Gasteiger partial charge in [-0.1, -0.05) is 42.5 Å². The summed E-state index contributed by atoms with van der Waals surface area (Å²) in [6.45, 7) is 7.77. The maximum absolute atomic E-state index is 11.6. The summed E-state index contributed by atoms with van der Waals surface area (Å²) in [6, 6.07) is 16.3. The molecule has 0 unspecified atom stereocenters. The Hall–Kier alpha value is -3.34. The van der Waals surface area contributed by atoms with Gasteiger partial charge in [0, 0.05) is 19.5 Å². The zero-order valence-electron chi connectivity index (χ0n) is 18.2. The van der Waals surface area contributed by atoms with Gasteiger partial charge in [0.15, 0.2) is 0 Å². The number of ether oxygens (including phenoxy) is 1. The number of hydrogen-bond acceptors (Lipinski definition) is 3. The van der Waals surface area contributed by atoms with E-state index in [2.05, 4.69) is 28.6 Å². The first-order chi connectivity index (χ1) is 15.2. The number of benzene rings is 2. The molecule has 0 radical (unpaired) electrons. The van der Waals surface area contributed by atoms with Crippen LogP contribution in [0.3, 0.4) is 0 Å². The van der Waals surface area contributed by atoms with Gasteiger partial charge in [-0.3, -0.25) is 4.79 Å². The number of hydrogen-bond donors (Lipinski definition) is 1. The summed E-state index contributed by atoms with van der Waals surface area (Å²) in [5.41, 5.74) is 3.31. The Balaban J connectivity index is 1.59. The second-order valence-electron chi connectivity index (χ2n) is 7.37. The number of allylic oxidation sites excluding steroid dienone is 2. The van der Waals surface area contributed by atoms with Crippen molar-refractivity contribution in [3.05, 3.63) is 84.7 Å². The van der Waals surface area contributed by atoms with Gasteiger partial charge in [0.1, 0.15) is 11.6 Å². The number of nitrogens with one attached hydrogen (secondary N) is 1. The lowest BCUT2D eigenvalue weighted by Gasteiger charge is -2.12. The number of imidazole rings is 1. The normalized spacial score (nSPS) is 11.1. The van der Waals surface area contributed by atoms with Crippen molar-refractivity contribution in [2.75, 3.05) is 13.2 Å². The second-order valence-corrected chi connectivity index (χ2v) is 7.37. The van der Waals surface area contributed by atoms with Crippen molar-refractivity contribution >= 4 is 16.9 Å². The number of para-hydroxylation sites is 3. The molecule has 0 aliphatic carbocycles. The molecule has 0 fully saturated rings. The smallest absolute Gasteiger partial charge is 0.243 e. The van der Waals surface area contributed by atoms with E-state index in [9.17, 15) is 4.79 Å². The zero-order valence-corrected chi connectivity index (χ0v) is 18.2. The van der Waals surface area contributed by atoms with E-state index in [1.807, 2.05) is 49.4 Å². The maximum Gasteiger partial charge on any atom is 0.243 e. The number of fused-ring (bicyclic) bond motifs is 1. The van der Waals surface area contributed by atoms with E-state index in [0.29, 0.717) is 13.2 Å². The van der Waals surface area contributed by atoms with E-state index in [-0.39, 0.29) is 5.91 Å². The van der Waals surface area contributed by atoms with Crippen LogP contribution in [0.1, 0.15) is 31.2 Å². The van der Waals surface area contributed by atoms with Crippen molar-refractivity contribution in [2.24, 2.45) is 0 Å². The van der Waals surface area contributed by atoms with Crippen LogP contribution in [-0.2, 0) is 24.2 Å². The lowest BCUT2D eigenvalue weighted by Crippen LogP contribution is -2.22. The minimum absolute atomic E-state index is 0.0510. The molecule has 2 aromatic carbocycles. The topological polar surface area (TPSA) is 56.1 Å². The number of aryl methyl sites for hydroxylation is 2. The third-order valence-electron chi connectivity index (χ3n) is 5.05. The first kappa shape index (κ1) is 22.3. The minimum atomic E-state index is -0.0510. The Morgan fingerprint density at radius 3 is 2.81 bits per heavy atom. The fourth-order valence-electron chi connectivity index (χ4n) is 3.61. The molecule has 1 aromatic heterocycles. The molecule has 0 aliphatic heterocycles. The minimum Gasteiger partial charge on any atom is -0.493 e. The highest BCUT2D eigenvalue weighted by Crippen LogP contribution is 2.20. The quantitative estimate of drug-likeness (QED) is 0.260. The van der Waals surface area contributed by atoms with Crippen molar-refractivity contribution < 1.29 is 9.53 Å². The zero-order chi connectivity index (χ0) is 21.9. The molecule has 0 saturated carbocycles. The van der Waals surface area contributed by atoms with Crippen molar-refractivity contribution in [3.8, 4) is 5.75 Å². The molecule has 0 atom stereocenters. The van der Waals surface area contributed by atoms with Gasteiger partial charge in [-0.05, 0) is 56.0 Å². The molecule has 1 heterocycles. The highest BCUT2D eigenvalue weighted by Gasteiger charge is 2.10. The van der Waals surface area contributed by atoms with Crippen LogP contribution in [0.25, 0.3) is 11.0 Å². The van der Waals surface area contributed by atoms with E-state index in [0.717, 1.165) is 60.4 Å². The van der Waals surface area contributed by atoms with Gasteiger partial charge >= 0.3 is 0 Å². The molecule has 0 bridgehead atoms. The number of nitrogens with zero attached hydrogens (tertiary/aromatic N) is 2. The number of rotatable bonds is 12. The molecule has 3 aromatic rings. The van der Waals surface area contributed by atoms with Crippen molar-refractivity contribution in [1.82, 2.24) is 14.9 Å². The van der Waals surface area contributed by atoms with Crippen LogP contribution in [0.15, 0.2) is 73.3 Å². The van der Waals surface area contributed by atoms with Crippen LogP contribution in [0.4, 0.5) is 0 Å². The highest BCUT2D eigenvalue weighted by atomic mass is 16.5. The Kier molecular flexibility index (Phi) is 8.47. The predicted molar refractivity (Wildman–Crippen MR) is 126 cm³/mol. The van der Waals surface area contributed by atoms with Crippen LogP contribution in [-0.4, -0.2) is 28.6 Å². The van der Waals surface area contributed by atoms with Crippen LogP contribution >= 0.6 is 0 Å². The van der Waals surface area contributed by atoms with Crippen LogP contribution in [0.2, 0.25) is 0 Å². The molecule has 3 rings (SSSR count). The number of aromatic nitrogens is 2. The molecule has 0 saturated heterocycles. The summed E-state index contributed by atoms with van der Waals surface area (Å²) in [4.78, 5) is 16.4. The standard InChI is InChI=1S/C26H31N3O2/c1-3-11-21-13-5-8-16-24(21)31-20-10-19-29-23-15-7-6-14-22(23)28-25(29)17-9-18-27-26(30)12-4-2/h3-8,12-16H,1,9-11,17-20H2,2H3,(H,27,30)/b12-4-. The maximum atomic E-state index is 11.6. The fourth-order valence-corrected chi connectivity index (χ4v) is 3.61. The van der Waals surface area contributed by atoms with E-state index < -0.39 is 0 Å². The lowest BCUT2D eigenvalue weighted by molar-refractivity contribution is -0.116. The van der Waals surface area contributed by atoms with Gasteiger partial charge in [-0.2, -0.15) is 0 Å². The van der Waals surface area contributed by atoms with E-state index >= 15 is 0 Å².